The van der Waals surface area contributed by atoms with Crippen molar-refractivity contribution in [1.82, 2.24) is 9.78 Å². The van der Waals surface area contributed by atoms with E-state index in [1.807, 2.05) is 11.7 Å². The number of rotatable bonds is 4. The zero-order valence-corrected chi connectivity index (χ0v) is 11.6. The first-order chi connectivity index (χ1) is 8.59. The van der Waals surface area contributed by atoms with Gasteiger partial charge in [-0.1, -0.05) is 0 Å². The minimum atomic E-state index is 0.0179. The van der Waals surface area contributed by atoms with E-state index in [1.54, 1.807) is 0 Å². The van der Waals surface area contributed by atoms with Crippen LogP contribution in [0.25, 0.3) is 0 Å². The lowest BCUT2D eigenvalue weighted by Crippen LogP contribution is -2.26. The molecule has 2 heterocycles. The third kappa shape index (κ3) is 2.75. The van der Waals surface area contributed by atoms with E-state index < -0.39 is 0 Å². The van der Waals surface area contributed by atoms with Gasteiger partial charge in [-0.2, -0.15) is 5.10 Å². The van der Waals surface area contributed by atoms with Crippen LogP contribution in [0.4, 0.5) is 0 Å². The van der Waals surface area contributed by atoms with Gasteiger partial charge in [0.1, 0.15) is 5.76 Å². The molecule has 2 rings (SSSR count). The van der Waals surface area contributed by atoms with Crippen LogP contribution in [0.3, 0.4) is 0 Å². The van der Waals surface area contributed by atoms with Gasteiger partial charge in [-0.15, -0.1) is 0 Å². The second-order valence-corrected chi connectivity index (χ2v) is 5.02. The molecule has 0 spiro atoms. The van der Waals surface area contributed by atoms with Gasteiger partial charge in [0.15, 0.2) is 0 Å². The molecule has 4 heteroatoms. The van der Waals surface area contributed by atoms with Crippen molar-refractivity contribution >= 4 is 0 Å². The molecule has 0 aliphatic carbocycles. The highest BCUT2D eigenvalue weighted by molar-refractivity contribution is 5.24. The molecule has 0 radical (unpaired) electrons. The van der Waals surface area contributed by atoms with Gasteiger partial charge < -0.3 is 10.5 Å². The molecule has 1 aliphatic rings. The first-order valence-electron chi connectivity index (χ1n) is 6.67. The van der Waals surface area contributed by atoms with Gasteiger partial charge in [0.05, 0.1) is 18.3 Å². The molecule has 18 heavy (non-hydrogen) atoms. The van der Waals surface area contributed by atoms with Crippen molar-refractivity contribution in [2.75, 3.05) is 6.61 Å². The van der Waals surface area contributed by atoms with Gasteiger partial charge >= 0.3 is 0 Å². The lowest BCUT2D eigenvalue weighted by atomic mass is 10.0. The largest absolute Gasteiger partial charge is 0.497 e. The molecule has 1 aromatic heterocycles. The highest BCUT2D eigenvalue weighted by Gasteiger charge is 2.16. The molecular weight excluding hydrogens is 226 g/mol. The van der Waals surface area contributed by atoms with Crippen LogP contribution in [0.2, 0.25) is 0 Å². The average Bonchev–Trinajstić information content (AvgIpc) is 2.62. The maximum Gasteiger partial charge on any atom is 0.109 e. The molecule has 4 nitrogen and oxygen atoms in total. The lowest BCUT2D eigenvalue weighted by Gasteiger charge is -2.20. The SMILES string of the molecule is Cc1nn(C)c(C)c1CCC(N)C1=CCCCO1. The molecule has 1 aliphatic heterocycles. The van der Waals surface area contributed by atoms with Crippen LogP contribution in [0, 0.1) is 13.8 Å². The summed E-state index contributed by atoms with van der Waals surface area (Å²) in [6.45, 7) is 4.98. The van der Waals surface area contributed by atoms with Gasteiger partial charge in [-0.3, -0.25) is 4.68 Å². The molecule has 0 aromatic carbocycles. The highest BCUT2D eigenvalue weighted by Crippen LogP contribution is 2.19. The molecule has 0 saturated heterocycles. The van der Waals surface area contributed by atoms with Crippen LogP contribution in [-0.4, -0.2) is 22.4 Å². The Kier molecular flexibility index (Phi) is 4.07. The predicted octanol–water partition coefficient (Wildman–Crippen LogP) is 1.99. The summed E-state index contributed by atoms with van der Waals surface area (Å²) in [6, 6.07) is 0.0179. The third-order valence-electron chi connectivity index (χ3n) is 3.69. The Balaban J connectivity index is 1.96. The fraction of sp³-hybridized carbons (Fsp3) is 0.643. The van der Waals surface area contributed by atoms with Gasteiger partial charge in [0, 0.05) is 12.7 Å². The summed E-state index contributed by atoms with van der Waals surface area (Å²) in [5.41, 5.74) is 9.85. The summed E-state index contributed by atoms with van der Waals surface area (Å²) in [4.78, 5) is 0. The van der Waals surface area contributed by atoms with Crippen molar-refractivity contribution in [2.24, 2.45) is 12.8 Å². The Labute approximate surface area is 109 Å². The van der Waals surface area contributed by atoms with Gasteiger partial charge in [-0.05, 0) is 51.2 Å². The smallest absolute Gasteiger partial charge is 0.109 e. The fourth-order valence-corrected chi connectivity index (χ4v) is 2.46. The third-order valence-corrected chi connectivity index (χ3v) is 3.69. The van der Waals surface area contributed by atoms with E-state index in [2.05, 4.69) is 25.0 Å². The van der Waals surface area contributed by atoms with Crippen LogP contribution < -0.4 is 5.73 Å². The number of ether oxygens (including phenoxy) is 1. The van der Waals surface area contributed by atoms with Crippen molar-refractivity contribution in [3.05, 3.63) is 28.8 Å². The van der Waals surface area contributed by atoms with Crippen LogP contribution >= 0.6 is 0 Å². The van der Waals surface area contributed by atoms with Crippen molar-refractivity contribution in [3.63, 3.8) is 0 Å². The number of nitrogens with zero attached hydrogens (tertiary/aromatic N) is 2. The van der Waals surface area contributed by atoms with E-state index in [-0.39, 0.29) is 6.04 Å². The standard InChI is InChI=1S/C14H23N3O/c1-10-12(11(2)17(3)16-10)7-8-13(15)14-6-4-5-9-18-14/h6,13H,4-5,7-9,15H2,1-3H3. The second-order valence-electron chi connectivity index (χ2n) is 5.02. The topological polar surface area (TPSA) is 53.1 Å². The summed E-state index contributed by atoms with van der Waals surface area (Å²) in [6.07, 6.45) is 6.22. The van der Waals surface area contributed by atoms with Crippen molar-refractivity contribution in [1.29, 1.82) is 0 Å². The van der Waals surface area contributed by atoms with E-state index in [9.17, 15) is 0 Å². The monoisotopic (exact) mass is 249 g/mol. The molecule has 0 fully saturated rings. The van der Waals surface area contributed by atoms with Crippen LogP contribution in [0.1, 0.15) is 36.2 Å². The van der Waals surface area contributed by atoms with Gasteiger partial charge in [-0.25, -0.2) is 0 Å². The molecule has 2 N–H and O–H groups in total. The summed E-state index contributed by atoms with van der Waals surface area (Å²) < 4.78 is 7.55. The van der Waals surface area contributed by atoms with E-state index in [4.69, 9.17) is 10.5 Å². The zero-order valence-electron chi connectivity index (χ0n) is 11.6. The number of hydrogen-bond acceptors (Lipinski definition) is 3. The van der Waals surface area contributed by atoms with Crippen molar-refractivity contribution in [3.8, 4) is 0 Å². The summed E-state index contributed by atoms with van der Waals surface area (Å²) in [5, 5.41) is 4.43. The predicted molar refractivity (Wildman–Crippen MR) is 72.2 cm³/mol. The van der Waals surface area contributed by atoms with Gasteiger partial charge in [0.2, 0.25) is 0 Å². The van der Waals surface area contributed by atoms with Gasteiger partial charge in [0.25, 0.3) is 0 Å². The molecule has 0 bridgehead atoms. The molecular formula is C14H23N3O. The first-order valence-corrected chi connectivity index (χ1v) is 6.67. The Bertz CT molecular complexity index is 448. The molecule has 0 saturated carbocycles. The average molecular weight is 249 g/mol. The summed E-state index contributed by atoms with van der Waals surface area (Å²) in [7, 11) is 1.98. The van der Waals surface area contributed by atoms with E-state index in [1.165, 1.54) is 11.3 Å². The van der Waals surface area contributed by atoms with E-state index >= 15 is 0 Å². The molecule has 1 aromatic rings. The van der Waals surface area contributed by atoms with Crippen molar-refractivity contribution in [2.45, 2.75) is 45.6 Å². The maximum absolute atomic E-state index is 6.18. The Morgan fingerprint density at radius 1 is 1.50 bits per heavy atom. The Morgan fingerprint density at radius 3 is 2.83 bits per heavy atom. The second kappa shape index (κ2) is 5.57. The zero-order chi connectivity index (χ0) is 13.1. The molecule has 1 atom stereocenters. The van der Waals surface area contributed by atoms with E-state index in [0.29, 0.717) is 0 Å². The normalized spacial score (nSPS) is 17.2. The quantitative estimate of drug-likeness (QED) is 0.888. The van der Waals surface area contributed by atoms with E-state index in [0.717, 1.165) is 43.7 Å². The minimum absolute atomic E-state index is 0.0179. The van der Waals surface area contributed by atoms with Crippen molar-refractivity contribution < 1.29 is 4.74 Å². The highest BCUT2D eigenvalue weighted by atomic mass is 16.5. The molecule has 0 amide bonds. The van der Waals surface area contributed by atoms with Crippen LogP contribution in [0.15, 0.2) is 11.8 Å². The number of allylic oxidation sites excluding steroid dienone is 1. The number of aryl methyl sites for hydroxylation is 2. The summed E-state index contributed by atoms with van der Waals surface area (Å²) in [5.74, 6) is 0.973. The number of aromatic nitrogens is 2. The summed E-state index contributed by atoms with van der Waals surface area (Å²) >= 11 is 0. The minimum Gasteiger partial charge on any atom is -0.497 e. The molecule has 1 unspecified atom stereocenters. The lowest BCUT2D eigenvalue weighted by molar-refractivity contribution is 0.173. The van der Waals surface area contributed by atoms with Crippen LogP contribution in [0.5, 0.6) is 0 Å². The fourth-order valence-electron chi connectivity index (χ4n) is 2.46. The number of nitrogens with two attached hydrogens (primary N) is 1. The maximum atomic E-state index is 6.18. The number of hydrogen-bond donors (Lipinski definition) is 1. The van der Waals surface area contributed by atoms with Crippen LogP contribution in [-0.2, 0) is 18.2 Å². The Morgan fingerprint density at radius 2 is 2.28 bits per heavy atom. The Hall–Kier alpha value is -1.29. The molecule has 100 valence electrons. The first kappa shape index (κ1) is 13.1.